The van der Waals surface area contributed by atoms with E-state index in [0.717, 1.165) is 18.4 Å². The van der Waals surface area contributed by atoms with Crippen LogP contribution in [0.3, 0.4) is 0 Å². The summed E-state index contributed by atoms with van der Waals surface area (Å²) in [5.74, 6) is 0.669. The van der Waals surface area contributed by atoms with Crippen LogP contribution in [0.4, 0.5) is 0 Å². The molecule has 2 aliphatic rings. The molecule has 3 rings (SSSR count). The third-order valence-corrected chi connectivity index (χ3v) is 5.43. The molecule has 0 saturated carbocycles. The number of nitrogens with zero attached hydrogens (tertiary/aromatic N) is 2. The highest BCUT2D eigenvalue weighted by Gasteiger charge is 2.42. The van der Waals surface area contributed by atoms with Crippen molar-refractivity contribution in [1.82, 2.24) is 4.90 Å². The third-order valence-electron chi connectivity index (χ3n) is 4.62. The zero-order valence-electron chi connectivity index (χ0n) is 12.2. The van der Waals surface area contributed by atoms with Crippen molar-refractivity contribution >= 4 is 29.1 Å². The third kappa shape index (κ3) is 2.53. The summed E-state index contributed by atoms with van der Waals surface area (Å²) < 4.78 is 5.42. The van der Waals surface area contributed by atoms with E-state index in [1.807, 2.05) is 4.90 Å². The number of carbonyl (C=O) groups is 1. The second kappa shape index (κ2) is 5.98. The molecular formula is C16H16Cl2N2O2. The van der Waals surface area contributed by atoms with Gasteiger partial charge in [0.1, 0.15) is 5.75 Å². The largest absolute Gasteiger partial charge is 0.496 e. The number of fused-ring (bicyclic) bond motifs is 1. The Morgan fingerprint density at radius 3 is 2.82 bits per heavy atom. The van der Waals surface area contributed by atoms with E-state index >= 15 is 0 Å². The number of ether oxygens (including phenoxy) is 1. The van der Waals surface area contributed by atoms with E-state index in [2.05, 4.69) is 6.07 Å². The summed E-state index contributed by atoms with van der Waals surface area (Å²) in [6.07, 6.45) is 1.85. The average Bonchev–Trinajstić information content (AvgIpc) is 2.93. The van der Waals surface area contributed by atoms with Gasteiger partial charge in [-0.15, -0.1) is 0 Å². The van der Waals surface area contributed by atoms with Crippen molar-refractivity contribution < 1.29 is 9.53 Å². The Morgan fingerprint density at radius 2 is 2.14 bits per heavy atom. The lowest BCUT2D eigenvalue weighted by atomic mass is 9.89. The first-order valence-corrected chi connectivity index (χ1v) is 8.01. The molecule has 0 spiro atoms. The van der Waals surface area contributed by atoms with Gasteiger partial charge in [-0.25, -0.2) is 0 Å². The fourth-order valence-corrected chi connectivity index (χ4v) is 4.08. The Bertz CT molecular complexity index is 656. The molecule has 6 heteroatoms. The first kappa shape index (κ1) is 15.5. The van der Waals surface area contributed by atoms with Crippen LogP contribution < -0.4 is 4.74 Å². The van der Waals surface area contributed by atoms with Gasteiger partial charge in [0.25, 0.3) is 0 Å². The fraction of sp³-hybridized carbons (Fsp3) is 0.500. The van der Waals surface area contributed by atoms with Crippen LogP contribution in [0.5, 0.6) is 5.75 Å². The summed E-state index contributed by atoms with van der Waals surface area (Å²) in [5, 5.41) is 10.1. The minimum atomic E-state index is -0.177. The van der Waals surface area contributed by atoms with E-state index in [9.17, 15) is 4.79 Å². The molecular weight excluding hydrogens is 323 g/mol. The van der Waals surface area contributed by atoms with E-state index in [1.54, 1.807) is 19.2 Å². The summed E-state index contributed by atoms with van der Waals surface area (Å²) in [5.41, 5.74) is 0.868. The molecule has 116 valence electrons. The molecule has 2 fully saturated rings. The number of carbonyl (C=O) groups excluding carboxylic acids is 1. The first-order valence-electron chi connectivity index (χ1n) is 7.26. The van der Waals surface area contributed by atoms with Gasteiger partial charge in [-0.2, -0.15) is 5.26 Å². The second-order valence-electron chi connectivity index (χ2n) is 5.88. The fourth-order valence-electron chi connectivity index (χ4n) is 3.60. The minimum absolute atomic E-state index is 0.0578. The van der Waals surface area contributed by atoms with Crippen LogP contribution in [0.15, 0.2) is 12.1 Å². The number of methoxy groups -OCH3 is 1. The van der Waals surface area contributed by atoms with Crippen molar-refractivity contribution in [2.75, 3.05) is 13.7 Å². The molecule has 0 aliphatic carbocycles. The number of nitriles is 1. The number of hydrogen-bond donors (Lipinski definition) is 0. The van der Waals surface area contributed by atoms with Gasteiger partial charge < -0.3 is 9.64 Å². The average molecular weight is 339 g/mol. The molecule has 1 aromatic rings. The Morgan fingerprint density at radius 1 is 1.36 bits per heavy atom. The molecule has 0 aromatic heterocycles. The molecule has 1 aromatic carbocycles. The van der Waals surface area contributed by atoms with Crippen molar-refractivity contribution in [3.05, 3.63) is 27.7 Å². The topological polar surface area (TPSA) is 53.3 Å². The van der Waals surface area contributed by atoms with Crippen molar-refractivity contribution in [3.63, 3.8) is 0 Å². The van der Waals surface area contributed by atoms with Crippen LogP contribution in [-0.4, -0.2) is 30.5 Å². The Labute approximate surface area is 139 Å². The normalized spacial score (nSPS) is 27.5. The lowest BCUT2D eigenvalue weighted by Crippen LogP contribution is -2.42. The molecule has 22 heavy (non-hydrogen) atoms. The van der Waals surface area contributed by atoms with E-state index in [1.165, 1.54) is 0 Å². The summed E-state index contributed by atoms with van der Waals surface area (Å²) in [6, 6.07) is 5.85. The second-order valence-corrected chi connectivity index (χ2v) is 6.66. The predicted molar refractivity (Wildman–Crippen MR) is 84.2 cm³/mol. The maximum Gasteiger partial charge on any atom is 0.224 e. The molecule has 3 atom stereocenters. The summed E-state index contributed by atoms with van der Waals surface area (Å²) in [4.78, 5) is 14.1. The van der Waals surface area contributed by atoms with Crippen molar-refractivity contribution in [2.45, 2.75) is 31.2 Å². The van der Waals surface area contributed by atoms with E-state index in [0.29, 0.717) is 28.8 Å². The smallest absolute Gasteiger partial charge is 0.224 e. The molecule has 1 unspecified atom stereocenters. The van der Waals surface area contributed by atoms with Crippen molar-refractivity contribution in [2.24, 2.45) is 5.92 Å². The van der Waals surface area contributed by atoms with Crippen molar-refractivity contribution in [1.29, 1.82) is 5.26 Å². The quantitative estimate of drug-likeness (QED) is 0.827. The number of piperidine rings is 1. The van der Waals surface area contributed by atoms with Gasteiger partial charge in [-0.1, -0.05) is 23.2 Å². The van der Waals surface area contributed by atoms with Gasteiger partial charge in [0, 0.05) is 30.5 Å². The van der Waals surface area contributed by atoms with Crippen LogP contribution in [-0.2, 0) is 4.79 Å². The highest BCUT2D eigenvalue weighted by atomic mass is 35.5. The van der Waals surface area contributed by atoms with E-state index in [4.69, 9.17) is 33.2 Å². The Balaban J connectivity index is 1.92. The summed E-state index contributed by atoms with van der Waals surface area (Å²) >= 11 is 12.5. The van der Waals surface area contributed by atoms with Gasteiger partial charge in [-0.05, 0) is 25.0 Å². The molecule has 4 nitrogen and oxygen atoms in total. The molecule has 1 amide bonds. The minimum Gasteiger partial charge on any atom is -0.496 e. The molecule has 2 saturated heterocycles. The summed E-state index contributed by atoms with van der Waals surface area (Å²) in [6.45, 7) is 0.609. The molecule has 2 aliphatic heterocycles. The molecule has 0 N–H and O–H groups in total. The summed E-state index contributed by atoms with van der Waals surface area (Å²) in [7, 11) is 1.60. The van der Waals surface area contributed by atoms with Gasteiger partial charge in [0.05, 0.1) is 29.1 Å². The number of halogens is 2. The van der Waals surface area contributed by atoms with Gasteiger partial charge >= 0.3 is 0 Å². The van der Waals surface area contributed by atoms with E-state index < -0.39 is 0 Å². The van der Waals surface area contributed by atoms with E-state index in [-0.39, 0.29) is 23.8 Å². The van der Waals surface area contributed by atoms with Gasteiger partial charge in [-0.3, -0.25) is 4.79 Å². The first-order chi connectivity index (χ1) is 10.5. The van der Waals surface area contributed by atoms with Crippen LogP contribution in [0.1, 0.15) is 30.7 Å². The lowest BCUT2D eigenvalue weighted by molar-refractivity contribution is -0.135. The maximum atomic E-state index is 12.2. The maximum absolute atomic E-state index is 12.2. The monoisotopic (exact) mass is 338 g/mol. The van der Waals surface area contributed by atoms with Crippen molar-refractivity contribution in [3.8, 4) is 11.8 Å². The predicted octanol–water partition coefficient (Wildman–Crippen LogP) is 3.62. The lowest BCUT2D eigenvalue weighted by Gasteiger charge is -2.31. The Hall–Kier alpha value is -1.44. The molecule has 2 heterocycles. The molecule has 0 bridgehead atoms. The Kier molecular flexibility index (Phi) is 4.20. The standard InChI is InChI=1S/C16H16Cl2N2O2/c1-22-13-3-2-12(17)16(18)15(13)10-6-11-4-9(7-19)5-14(21)20(11)8-10/h2-3,9-11H,4-6,8H2,1H3/t9?,10-,11+/m0/s1. The van der Waals surface area contributed by atoms with Crippen LogP contribution in [0.25, 0.3) is 0 Å². The van der Waals surface area contributed by atoms with Gasteiger partial charge in [0.2, 0.25) is 5.91 Å². The highest BCUT2D eigenvalue weighted by Crippen LogP contribution is 2.45. The SMILES string of the molecule is COc1ccc(Cl)c(Cl)c1[C@H]1C[C@H]2CC(C#N)CC(=O)N2C1. The number of hydrogen-bond acceptors (Lipinski definition) is 3. The van der Waals surface area contributed by atoms with Crippen LogP contribution >= 0.6 is 23.2 Å². The zero-order valence-corrected chi connectivity index (χ0v) is 13.7. The number of benzene rings is 1. The zero-order chi connectivity index (χ0) is 15.9. The number of amides is 1. The highest BCUT2D eigenvalue weighted by molar-refractivity contribution is 6.42. The van der Waals surface area contributed by atoms with Gasteiger partial charge in [0.15, 0.2) is 0 Å². The number of rotatable bonds is 2. The van der Waals surface area contributed by atoms with Crippen LogP contribution in [0.2, 0.25) is 10.0 Å². The molecule has 0 radical (unpaired) electrons. The van der Waals surface area contributed by atoms with Crippen LogP contribution in [0, 0.1) is 17.2 Å².